The summed E-state index contributed by atoms with van der Waals surface area (Å²) >= 11 is 0. The van der Waals surface area contributed by atoms with E-state index in [-0.39, 0.29) is 19.0 Å². The van der Waals surface area contributed by atoms with E-state index in [9.17, 15) is 5.11 Å². The summed E-state index contributed by atoms with van der Waals surface area (Å²) in [7, 11) is 8.04. The average molecular weight is 441 g/mol. The minimum Gasteiger partial charge on any atom is -1.00 e. The fraction of sp³-hybridized carbons (Fsp3) is 0.261. The molecule has 0 aliphatic rings. The van der Waals surface area contributed by atoms with Gasteiger partial charge in [0.05, 0.1) is 12.4 Å². The van der Waals surface area contributed by atoms with Gasteiger partial charge in [-0.25, -0.2) is 0 Å². The first-order chi connectivity index (χ1) is 14.4. The van der Waals surface area contributed by atoms with Crippen LogP contribution in [0.2, 0.25) is 0 Å². The van der Waals surface area contributed by atoms with Crippen LogP contribution in [0.1, 0.15) is 22.6 Å². The topological polar surface area (TPSA) is 60.2 Å². The highest BCUT2D eigenvalue weighted by Crippen LogP contribution is 2.12. The molecule has 0 saturated carbocycles. The number of aliphatic hydroxyl groups excluding tert-OH is 1. The van der Waals surface area contributed by atoms with E-state index in [1.807, 2.05) is 71.5 Å². The lowest BCUT2D eigenvalue weighted by molar-refractivity contribution is -0.692. The summed E-state index contributed by atoms with van der Waals surface area (Å²) in [6.07, 6.45) is 5.35. The van der Waals surface area contributed by atoms with Crippen molar-refractivity contribution in [1.82, 2.24) is 4.68 Å². The number of halogens is 1. The molecule has 3 rings (SSSR count). The van der Waals surface area contributed by atoms with Crippen molar-refractivity contribution < 1.29 is 22.2 Å². The van der Waals surface area contributed by atoms with Crippen LogP contribution >= 0.6 is 0 Å². The van der Waals surface area contributed by atoms with Gasteiger partial charge in [0, 0.05) is 46.5 Å². The molecule has 1 heterocycles. The van der Waals surface area contributed by atoms with Crippen molar-refractivity contribution in [3.63, 3.8) is 0 Å². The van der Waals surface area contributed by atoms with Crippen LogP contribution < -0.4 is 26.9 Å². The van der Waals surface area contributed by atoms with Gasteiger partial charge in [-0.05, 0) is 35.4 Å². The number of aromatic nitrogens is 2. The predicted octanol–water partition coefficient (Wildman–Crippen LogP) is -0.523. The highest BCUT2D eigenvalue weighted by Gasteiger charge is 2.19. The maximum Gasteiger partial charge on any atom is 0.304 e. The standard InChI is InChI=1S/C23H29N6O.ClH/c1-18-28(24-14-19-6-10-21(11-7-19)26(2)3)16-23(17-30)29(18)25-15-20-8-12-22(13-9-20)27(4)5;/h6-16,30H,17H2,1-5H3;1H/q+1;/p-1. The molecule has 0 amide bonds. The fourth-order valence-electron chi connectivity index (χ4n) is 2.95. The van der Waals surface area contributed by atoms with Crippen molar-refractivity contribution in [2.24, 2.45) is 10.2 Å². The quantitative estimate of drug-likeness (QED) is 0.397. The second-order valence-electron chi connectivity index (χ2n) is 7.44. The summed E-state index contributed by atoms with van der Waals surface area (Å²) in [4.78, 5) is 4.11. The summed E-state index contributed by atoms with van der Waals surface area (Å²) in [5.74, 6) is 0.793. The lowest BCUT2D eigenvalue weighted by Gasteiger charge is -2.11. The SMILES string of the molecule is Cc1n(N=Cc2ccc(N(C)C)cc2)cc(CO)[n+]1N=Cc1ccc(N(C)C)cc1.[Cl-]. The average Bonchev–Trinajstić information content (AvgIpc) is 3.06. The second-order valence-corrected chi connectivity index (χ2v) is 7.44. The number of imidazole rings is 1. The highest BCUT2D eigenvalue weighted by atomic mass is 35.5. The van der Waals surface area contributed by atoms with Gasteiger partial charge in [-0.15, -0.1) is 4.68 Å². The Hall–Kier alpha value is -3.16. The molecule has 0 atom stereocenters. The maximum absolute atomic E-state index is 9.75. The van der Waals surface area contributed by atoms with Crippen LogP contribution in [0, 0.1) is 6.92 Å². The lowest BCUT2D eigenvalue weighted by Crippen LogP contribution is -3.00. The normalized spacial score (nSPS) is 11.2. The van der Waals surface area contributed by atoms with E-state index < -0.39 is 0 Å². The van der Waals surface area contributed by atoms with Gasteiger partial charge in [0.1, 0.15) is 6.61 Å². The summed E-state index contributed by atoms with van der Waals surface area (Å²) in [6, 6.07) is 16.3. The van der Waals surface area contributed by atoms with Gasteiger partial charge >= 0.3 is 5.82 Å². The van der Waals surface area contributed by atoms with Crippen molar-refractivity contribution in [1.29, 1.82) is 0 Å². The largest absolute Gasteiger partial charge is 1.00 e. The fourth-order valence-corrected chi connectivity index (χ4v) is 2.95. The highest BCUT2D eigenvalue weighted by molar-refractivity contribution is 5.80. The molecule has 2 aromatic carbocycles. The molecule has 1 N–H and O–H groups in total. The van der Waals surface area contributed by atoms with Crippen molar-refractivity contribution >= 4 is 23.8 Å². The zero-order valence-electron chi connectivity index (χ0n) is 18.6. The third kappa shape index (κ3) is 5.93. The molecule has 8 heteroatoms. The van der Waals surface area contributed by atoms with E-state index >= 15 is 0 Å². The summed E-state index contributed by atoms with van der Waals surface area (Å²) in [6.45, 7) is 1.79. The molecule has 0 radical (unpaired) electrons. The van der Waals surface area contributed by atoms with Crippen LogP contribution in [0.5, 0.6) is 0 Å². The van der Waals surface area contributed by atoms with E-state index in [4.69, 9.17) is 0 Å². The zero-order valence-corrected chi connectivity index (χ0v) is 19.3. The molecule has 0 saturated heterocycles. The molecular weight excluding hydrogens is 412 g/mol. The summed E-state index contributed by atoms with van der Waals surface area (Å²) in [5.41, 5.74) is 4.90. The Bertz CT molecular complexity index is 1040. The number of benzene rings is 2. The van der Waals surface area contributed by atoms with Crippen LogP contribution in [0.25, 0.3) is 0 Å². The van der Waals surface area contributed by atoms with Gasteiger partial charge < -0.3 is 27.3 Å². The van der Waals surface area contributed by atoms with Gasteiger partial charge in [-0.3, -0.25) is 0 Å². The Morgan fingerprint density at radius 2 is 1.35 bits per heavy atom. The van der Waals surface area contributed by atoms with E-state index in [0.717, 1.165) is 28.3 Å². The molecule has 164 valence electrons. The smallest absolute Gasteiger partial charge is 0.304 e. The van der Waals surface area contributed by atoms with Crippen LogP contribution in [-0.2, 0) is 6.61 Å². The number of hydrogen-bond donors (Lipinski definition) is 1. The summed E-state index contributed by atoms with van der Waals surface area (Å²) < 4.78 is 3.42. The minimum absolute atomic E-state index is 0. The summed E-state index contributed by atoms with van der Waals surface area (Å²) in [5, 5.41) is 18.8. The molecule has 0 bridgehead atoms. The van der Waals surface area contributed by atoms with Gasteiger partial charge in [0.15, 0.2) is 11.9 Å². The molecule has 1 aromatic heterocycles. The molecule has 3 aromatic rings. The Kier molecular flexibility index (Phi) is 8.36. The van der Waals surface area contributed by atoms with Crippen LogP contribution in [0.15, 0.2) is 64.9 Å². The lowest BCUT2D eigenvalue weighted by atomic mass is 10.2. The van der Waals surface area contributed by atoms with Crippen molar-refractivity contribution in [3.8, 4) is 0 Å². The second kappa shape index (κ2) is 10.7. The number of nitrogens with zero attached hydrogens (tertiary/aromatic N) is 6. The Balaban J connectivity index is 0.00000341. The minimum atomic E-state index is -0.127. The predicted molar refractivity (Wildman–Crippen MR) is 123 cm³/mol. The van der Waals surface area contributed by atoms with Crippen LogP contribution in [0.4, 0.5) is 11.4 Å². The molecule has 0 fully saturated rings. The first-order valence-corrected chi connectivity index (χ1v) is 9.76. The van der Waals surface area contributed by atoms with E-state index in [2.05, 4.69) is 32.1 Å². The van der Waals surface area contributed by atoms with Gasteiger partial charge in [-0.2, -0.15) is 0 Å². The monoisotopic (exact) mass is 440 g/mol. The van der Waals surface area contributed by atoms with Crippen LogP contribution in [0.3, 0.4) is 0 Å². The number of hydrogen-bond acceptors (Lipinski definition) is 5. The van der Waals surface area contributed by atoms with E-state index in [0.29, 0.717) is 5.69 Å². The van der Waals surface area contributed by atoms with Crippen molar-refractivity contribution in [2.45, 2.75) is 13.5 Å². The number of rotatable bonds is 7. The molecular formula is C23H29ClN6O. The molecule has 0 spiro atoms. The van der Waals surface area contributed by atoms with Gasteiger partial charge in [0.25, 0.3) is 0 Å². The number of anilines is 2. The Morgan fingerprint density at radius 3 is 1.81 bits per heavy atom. The molecule has 0 unspecified atom stereocenters. The van der Waals surface area contributed by atoms with E-state index in [1.54, 1.807) is 28.0 Å². The third-order valence-corrected chi connectivity index (χ3v) is 4.82. The first-order valence-electron chi connectivity index (χ1n) is 9.76. The zero-order chi connectivity index (χ0) is 21.7. The molecule has 0 aliphatic carbocycles. The molecule has 7 nitrogen and oxygen atoms in total. The number of aliphatic hydroxyl groups is 1. The first kappa shape index (κ1) is 24.1. The van der Waals surface area contributed by atoms with Gasteiger partial charge in [0.2, 0.25) is 0 Å². The third-order valence-electron chi connectivity index (χ3n) is 4.82. The van der Waals surface area contributed by atoms with Gasteiger partial charge in [-0.1, -0.05) is 39.1 Å². The Morgan fingerprint density at radius 1 is 0.871 bits per heavy atom. The van der Waals surface area contributed by atoms with Crippen molar-refractivity contribution in [2.75, 3.05) is 38.0 Å². The molecule has 31 heavy (non-hydrogen) atoms. The Labute approximate surface area is 190 Å². The van der Waals surface area contributed by atoms with Crippen molar-refractivity contribution in [3.05, 3.63) is 77.4 Å². The van der Waals surface area contributed by atoms with E-state index in [1.165, 1.54) is 0 Å². The molecule has 0 aliphatic heterocycles. The maximum atomic E-state index is 9.75. The van der Waals surface area contributed by atoms with Crippen LogP contribution in [-0.4, -0.2) is 50.4 Å².